The molecule has 0 bridgehead atoms. The molecule has 0 fully saturated rings. The second kappa shape index (κ2) is 7.74. The summed E-state index contributed by atoms with van der Waals surface area (Å²) in [5, 5.41) is 3.42. The summed E-state index contributed by atoms with van der Waals surface area (Å²) in [6, 6.07) is 10.9. The van der Waals surface area contributed by atoms with E-state index in [4.69, 9.17) is 9.72 Å². The third kappa shape index (κ3) is 3.70. The van der Waals surface area contributed by atoms with Gasteiger partial charge in [-0.15, -0.1) is 0 Å². The summed E-state index contributed by atoms with van der Waals surface area (Å²) in [6.45, 7) is 1.16. The summed E-state index contributed by atoms with van der Waals surface area (Å²) >= 11 is 0. The van der Waals surface area contributed by atoms with Crippen LogP contribution in [0.2, 0.25) is 0 Å². The highest BCUT2D eigenvalue weighted by molar-refractivity contribution is 6.06. The molecular formula is C21H20N4O3. The molecule has 2 aromatic heterocycles. The van der Waals surface area contributed by atoms with Gasteiger partial charge in [0, 0.05) is 54.2 Å². The second-order valence-electron chi connectivity index (χ2n) is 6.78. The maximum absolute atomic E-state index is 12.9. The number of rotatable bonds is 4. The molecule has 0 unspecified atom stereocenters. The number of amides is 1. The van der Waals surface area contributed by atoms with E-state index in [0.29, 0.717) is 17.8 Å². The van der Waals surface area contributed by atoms with Crippen molar-refractivity contribution < 1.29 is 14.3 Å². The molecule has 1 aliphatic heterocycles. The smallest absolute Gasteiger partial charge is 0.339 e. The molecule has 1 aromatic carbocycles. The van der Waals surface area contributed by atoms with E-state index in [2.05, 4.69) is 15.2 Å². The van der Waals surface area contributed by atoms with Gasteiger partial charge in [0.05, 0.1) is 11.1 Å². The zero-order valence-corrected chi connectivity index (χ0v) is 15.5. The first kappa shape index (κ1) is 18.1. The minimum Gasteiger partial charge on any atom is -0.452 e. The van der Waals surface area contributed by atoms with Crippen LogP contribution < -0.4 is 5.32 Å². The van der Waals surface area contributed by atoms with Crippen molar-refractivity contribution in [3.8, 4) is 0 Å². The Kier molecular flexibility index (Phi) is 4.99. The lowest BCUT2D eigenvalue weighted by Crippen LogP contribution is -2.30. The number of esters is 1. The van der Waals surface area contributed by atoms with Crippen molar-refractivity contribution in [2.24, 2.45) is 0 Å². The van der Waals surface area contributed by atoms with E-state index in [0.717, 1.165) is 35.1 Å². The Morgan fingerprint density at radius 3 is 2.79 bits per heavy atom. The van der Waals surface area contributed by atoms with Gasteiger partial charge in [0.1, 0.15) is 0 Å². The van der Waals surface area contributed by atoms with Gasteiger partial charge < -0.3 is 15.0 Å². The highest BCUT2D eigenvalue weighted by Crippen LogP contribution is 2.28. The summed E-state index contributed by atoms with van der Waals surface area (Å²) < 4.78 is 5.36. The normalized spacial score (nSPS) is 13.8. The highest BCUT2D eigenvalue weighted by Gasteiger charge is 2.25. The topological polar surface area (TPSA) is 84.4 Å². The van der Waals surface area contributed by atoms with E-state index in [9.17, 15) is 9.59 Å². The van der Waals surface area contributed by atoms with Crippen LogP contribution in [0.15, 0.2) is 48.8 Å². The number of benzene rings is 1. The van der Waals surface area contributed by atoms with Gasteiger partial charge in [-0.05, 0) is 25.2 Å². The quantitative estimate of drug-likeness (QED) is 0.704. The first-order valence-electron chi connectivity index (χ1n) is 9.08. The Bertz CT molecular complexity index is 1040. The number of anilines is 1. The Morgan fingerprint density at radius 1 is 1.18 bits per heavy atom. The fraction of sp³-hybridized carbons (Fsp3) is 0.238. The number of carbonyl (C=O) groups is 2. The molecule has 1 N–H and O–H groups in total. The molecule has 0 spiro atoms. The summed E-state index contributed by atoms with van der Waals surface area (Å²) in [5.74, 6) is -0.904. The van der Waals surface area contributed by atoms with Crippen molar-refractivity contribution >= 4 is 28.5 Å². The van der Waals surface area contributed by atoms with Crippen LogP contribution >= 0.6 is 0 Å². The molecule has 0 atom stereocenters. The van der Waals surface area contributed by atoms with Crippen molar-refractivity contribution in [1.82, 2.24) is 14.9 Å². The van der Waals surface area contributed by atoms with Crippen LogP contribution in [-0.2, 0) is 22.5 Å². The number of nitrogens with zero attached hydrogens (tertiary/aromatic N) is 3. The van der Waals surface area contributed by atoms with Gasteiger partial charge in [0.15, 0.2) is 6.61 Å². The molecule has 0 saturated carbocycles. The first-order valence-corrected chi connectivity index (χ1v) is 9.08. The molecule has 0 radical (unpaired) electrons. The average molecular weight is 376 g/mol. The van der Waals surface area contributed by atoms with E-state index in [1.165, 1.54) is 0 Å². The molecule has 3 aromatic rings. The number of aromatic nitrogens is 2. The fourth-order valence-corrected chi connectivity index (χ4v) is 3.39. The number of ether oxygens (including phenoxy) is 1. The van der Waals surface area contributed by atoms with Crippen LogP contribution in [-0.4, -0.2) is 46.9 Å². The van der Waals surface area contributed by atoms with Crippen molar-refractivity contribution in [2.75, 3.05) is 25.5 Å². The van der Waals surface area contributed by atoms with Gasteiger partial charge >= 0.3 is 5.97 Å². The molecule has 1 amide bonds. The fourth-order valence-electron chi connectivity index (χ4n) is 3.39. The molecule has 142 valence electrons. The Hall–Kier alpha value is -3.32. The van der Waals surface area contributed by atoms with Gasteiger partial charge in [-0.2, -0.15) is 0 Å². The number of carbonyl (C=O) groups excluding carboxylic acids is 2. The number of hydrogen-bond acceptors (Lipinski definition) is 6. The Labute approximate surface area is 162 Å². The third-order valence-corrected chi connectivity index (χ3v) is 4.74. The number of para-hydroxylation sites is 1. The molecule has 28 heavy (non-hydrogen) atoms. The highest BCUT2D eigenvalue weighted by atomic mass is 16.5. The Morgan fingerprint density at radius 2 is 1.96 bits per heavy atom. The minimum atomic E-state index is -0.505. The van der Waals surface area contributed by atoms with Crippen molar-refractivity contribution in [2.45, 2.75) is 13.0 Å². The lowest BCUT2D eigenvalue weighted by Gasteiger charge is -2.26. The third-order valence-electron chi connectivity index (χ3n) is 4.74. The number of hydrogen-bond donors (Lipinski definition) is 1. The maximum Gasteiger partial charge on any atom is 0.339 e. The molecule has 1 aliphatic rings. The number of pyridine rings is 2. The van der Waals surface area contributed by atoms with E-state index in [1.54, 1.807) is 24.5 Å². The van der Waals surface area contributed by atoms with Crippen LogP contribution in [0.4, 0.5) is 5.69 Å². The standard InChI is InChI=1S/C21H20N4O3/c1-25-11-8-18-16(12-25)20(15-4-2-3-5-17(15)24-18)21(27)28-13-19(26)23-14-6-9-22-10-7-14/h2-7,9-10H,8,11-13H2,1H3,(H,22,23,26). The first-order chi connectivity index (χ1) is 13.6. The van der Waals surface area contributed by atoms with E-state index in [-0.39, 0.29) is 6.61 Å². The van der Waals surface area contributed by atoms with E-state index in [1.807, 2.05) is 31.3 Å². The maximum atomic E-state index is 12.9. The SMILES string of the molecule is CN1CCc2nc3ccccc3c(C(=O)OCC(=O)Nc3ccncc3)c2C1. The van der Waals surface area contributed by atoms with Gasteiger partial charge in [0.2, 0.25) is 0 Å². The van der Waals surface area contributed by atoms with E-state index < -0.39 is 11.9 Å². The van der Waals surface area contributed by atoms with Gasteiger partial charge in [-0.3, -0.25) is 14.8 Å². The number of likely N-dealkylation sites (N-methyl/N-ethyl adjacent to an activating group) is 1. The monoisotopic (exact) mass is 376 g/mol. The van der Waals surface area contributed by atoms with Crippen molar-refractivity contribution in [3.63, 3.8) is 0 Å². The lowest BCUT2D eigenvalue weighted by molar-refractivity contribution is -0.119. The Balaban J connectivity index is 1.58. The zero-order chi connectivity index (χ0) is 19.5. The van der Waals surface area contributed by atoms with Crippen molar-refractivity contribution in [1.29, 1.82) is 0 Å². The summed E-state index contributed by atoms with van der Waals surface area (Å²) in [6.07, 6.45) is 3.93. The van der Waals surface area contributed by atoms with Gasteiger partial charge in [-0.25, -0.2) is 4.79 Å². The van der Waals surface area contributed by atoms with Crippen LogP contribution in [0.5, 0.6) is 0 Å². The molecular weight excluding hydrogens is 356 g/mol. The van der Waals surface area contributed by atoms with Gasteiger partial charge in [0.25, 0.3) is 5.91 Å². The van der Waals surface area contributed by atoms with Crippen LogP contribution in [0.25, 0.3) is 10.9 Å². The van der Waals surface area contributed by atoms with Crippen LogP contribution in [0, 0.1) is 0 Å². The average Bonchev–Trinajstić information content (AvgIpc) is 2.71. The molecule has 7 nitrogen and oxygen atoms in total. The van der Waals surface area contributed by atoms with Crippen LogP contribution in [0.3, 0.4) is 0 Å². The summed E-state index contributed by atoms with van der Waals surface area (Å²) in [7, 11) is 2.01. The van der Waals surface area contributed by atoms with Gasteiger partial charge in [-0.1, -0.05) is 18.2 Å². The molecule has 7 heteroatoms. The molecule has 4 rings (SSSR count). The lowest BCUT2D eigenvalue weighted by atomic mass is 9.96. The molecule has 3 heterocycles. The van der Waals surface area contributed by atoms with Crippen molar-refractivity contribution in [3.05, 3.63) is 65.6 Å². The number of fused-ring (bicyclic) bond motifs is 2. The largest absolute Gasteiger partial charge is 0.452 e. The van der Waals surface area contributed by atoms with Crippen LogP contribution in [0.1, 0.15) is 21.6 Å². The molecule has 0 saturated heterocycles. The minimum absolute atomic E-state index is 0.359. The summed E-state index contributed by atoms with van der Waals surface area (Å²) in [5.41, 5.74) is 3.67. The zero-order valence-electron chi connectivity index (χ0n) is 15.5. The molecule has 0 aliphatic carbocycles. The second-order valence-corrected chi connectivity index (χ2v) is 6.78. The predicted octanol–water partition coefficient (Wildman–Crippen LogP) is 2.41. The predicted molar refractivity (Wildman–Crippen MR) is 105 cm³/mol. The summed E-state index contributed by atoms with van der Waals surface area (Å²) in [4.78, 5) is 35.8. The van der Waals surface area contributed by atoms with E-state index >= 15 is 0 Å². The number of nitrogens with one attached hydrogen (secondary N) is 1.